The predicted octanol–water partition coefficient (Wildman–Crippen LogP) is 1.23. The van der Waals surface area contributed by atoms with Gasteiger partial charge in [0.05, 0.1) is 5.69 Å². The lowest BCUT2D eigenvalue weighted by Crippen LogP contribution is -2.39. The van der Waals surface area contributed by atoms with Gasteiger partial charge in [-0.1, -0.05) is 0 Å². The molecule has 0 saturated carbocycles. The van der Waals surface area contributed by atoms with E-state index < -0.39 is 0 Å². The van der Waals surface area contributed by atoms with E-state index in [9.17, 15) is 4.79 Å². The first-order chi connectivity index (χ1) is 8.10. The number of pyridine rings is 1. The lowest BCUT2D eigenvalue weighted by molar-refractivity contribution is -0.130. The van der Waals surface area contributed by atoms with Crippen LogP contribution in [0.3, 0.4) is 0 Å². The molecule has 1 N–H and O–H groups in total. The number of nitrogens with zero attached hydrogens (tertiary/aromatic N) is 3. The fourth-order valence-corrected chi connectivity index (χ4v) is 1.39. The van der Waals surface area contributed by atoms with Crippen molar-refractivity contribution in [3.63, 3.8) is 0 Å². The van der Waals surface area contributed by atoms with Crippen molar-refractivity contribution in [2.24, 2.45) is 0 Å². The van der Waals surface area contributed by atoms with Gasteiger partial charge in [-0.2, -0.15) is 5.26 Å². The summed E-state index contributed by atoms with van der Waals surface area (Å²) in [7, 11) is 1.75. The number of hydrogen-bond donors (Lipinski definition) is 1. The Bertz CT molecular complexity index is 438. The Hall–Kier alpha value is -2.09. The molecule has 1 rings (SSSR count). The number of carbonyl (C=O) groups is 1. The van der Waals surface area contributed by atoms with Crippen molar-refractivity contribution in [1.29, 1.82) is 5.26 Å². The second kappa shape index (κ2) is 5.85. The zero-order valence-electron chi connectivity index (χ0n) is 10.3. The van der Waals surface area contributed by atoms with Crippen LogP contribution in [-0.2, 0) is 4.79 Å². The van der Waals surface area contributed by atoms with Gasteiger partial charge in [0.25, 0.3) is 0 Å². The molecule has 0 saturated heterocycles. The van der Waals surface area contributed by atoms with Gasteiger partial charge in [0.2, 0.25) is 5.91 Å². The average Bonchev–Trinajstić information content (AvgIpc) is 2.37. The number of rotatable bonds is 4. The minimum Gasteiger partial charge on any atom is -0.372 e. The molecule has 0 spiro atoms. The smallest absolute Gasteiger partial charge is 0.244 e. The van der Waals surface area contributed by atoms with Gasteiger partial charge in [0.15, 0.2) is 5.69 Å². The summed E-state index contributed by atoms with van der Waals surface area (Å²) in [5.41, 5.74) is 0.881. The fraction of sp³-hybridized carbons (Fsp3) is 0.417. The number of carbonyl (C=O) groups excluding carboxylic acids is 1. The monoisotopic (exact) mass is 232 g/mol. The van der Waals surface area contributed by atoms with Gasteiger partial charge in [-0.05, 0) is 26.0 Å². The van der Waals surface area contributed by atoms with E-state index in [1.54, 1.807) is 37.2 Å². The summed E-state index contributed by atoms with van der Waals surface area (Å²) in [5, 5.41) is 11.9. The molecule has 1 amide bonds. The van der Waals surface area contributed by atoms with Crippen molar-refractivity contribution in [3.05, 3.63) is 24.0 Å². The van der Waals surface area contributed by atoms with Crippen molar-refractivity contribution in [2.45, 2.75) is 19.9 Å². The SMILES string of the molecule is CCN(C)C(=O)C(C)Nc1cccnc1C#N. The van der Waals surface area contributed by atoms with E-state index in [4.69, 9.17) is 5.26 Å². The fourth-order valence-electron chi connectivity index (χ4n) is 1.39. The largest absolute Gasteiger partial charge is 0.372 e. The van der Waals surface area contributed by atoms with Crippen LogP contribution in [0.5, 0.6) is 0 Å². The van der Waals surface area contributed by atoms with E-state index in [-0.39, 0.29) is 11.9 Å². The quantitative estimate of drug-likeness (QED) is 0.847. The Kier molecular flexibility index (Phi) is 4.46. The number of aromatic nitrogens is 1. The molecule has 0 aliphatic heterocycles. The summed E-state index contributed by atoms with van der Waals surface area (Å²) in [5.74, 6) is -0.0137. The van der Waals surface area contributed by atoms with E-state index in [2.05, 4.69) is 10.3 Å². The molecule has 0 fully saturated rings. The molecular weight excluding hydrogens is 216 g/mol. The van der Waals surface area contributed by atoms with Crippen molar-refractivity contribution < 1.29 is 4.79 Å². The number of anilines is 1. The molecule has 0 aliphatic rings. The molecule has 1 unspecified atom stereocenters. The van der Waals surface area contributed by atoms with Gasteiger partial charge in [0.1, 0.15) is 12.1 Å². The van der Waals surface area contributed by atoms with Crippen LogP contribution in [0.4, 0.5) is 5.69 Å². The van der Waals surface area contributed by atoms with Crippen LogP contribution in [0.25, 0.3) is 0 Å². The summed E-state index contributed by atoms with van der Waals surface area (Å²) in [4.78, 5) is 17.4. The van der Waals surface area contributed by atoms with Crippen molar-refractivity contribution in [1.82, 2.24) is 9.88 Å². The van der Waals surface area contributed by atoms with Gasteiger partial charge in [-0.3, -0.25) is 4.79 Å². The Morgan fingerprint density at radius 2 is 2.41 bits per heavy atom. The first-order valence-electron chi connectivity index (χ1n) is 5.46. The first-order valence-corrected chi connectivity index (χ1v) is 5.46. The van der Waals surface area contributed by atoms with Crippen LogP contribution in [0.1, 0.15) is 19.5 Å². The van der Waals surface area contributed by atoms with Gasteiger partial charge in [0, 0.05) is 19.8 Å². The molecule has 0 aliphatic carbocycles. The Labute approximate surface area is 101 Å². The highest BCUT2D eigenvalue weighted by molar-refractivity contribution is 5.84. The molecule has 1 heterocycles. The molecular formula is C12H16N4O. The average molecular weight is 232 g/mol. The number of likely N-dealkylation sites (N-methyl/N-ethyl adjacent to an activating group) is 1. The molecule has 1 aromatic rings. The van der Waals surface area contributed by atoms with Crippen molar-refractivity contribution in [3.8, 4) is 6.07 Å². The number of nitrogens with one attached hydrogen (secondary N) is 1. The lowest BCUT2D eigenvalue weighted by Gasteiger charge is -2.21. The minimum absolute atomic E-state index is 0.0137. The molecule has 90 valence electrons. The summed E-state index contributed by atoms with van der Waals surface area (Å²) in [6.07, 6.45) is 1.55. The van der Waals surface area contributed by atoms with E-state index in [0.29, 0.717) is 17.9 Å². The minimum atomic E-state index is -0.378. The van der Waals surface area contributed by atoms with Gasteiger partial charge >= 0.3 is 0 Å². The van der Waals surface area contributed by atoms with Gasteiger partial charge in [-0.15, -0.1) is 0 Å². The maximum atomic E-state index is 11.8. The van der Waals surface area contributed by atoms with Crippen molar-refractivity contribution in [2.75, 3.05) is 18.9 Å². The van der Waals surface area contributed by atoms with Crippen LogP contribution in [0.2, 0.25) is 0 Å². The summed E-state index contributed by atoms with van der Waals surface area (Å²) >= 11 is 0. The van der Waals surface area contributed by atoms with Crippen LogP contribution in [0.15, 0.2) is 18.3 Å². The zero-order valence-corrected chi connectivity index (χ0v) is 10.3. The highest BCUT2D eigenvalue weighted by atomic mass is 16.2. The second-order valence-electron chi connectivity index (χ2n) is 3.73. The predicted molar refractivity (Wildman–Crippen MR) is 65.3 cm³/mol. The van der Waals surface area contributed by atoms with Crippen LogP contribution in [0, 0.1) is 11.3 Å². The Morgan fingerprint density at radius 3 is 3.00 bits per heavy atom. The first kappa shape index (κ1) is 13.0. The third-order valence-electron chi connectivity index (χ3n) is 2.51. The summed E-state index contributed by atoms with van der Waals surface area (Å²) < 4.78 is 0. The summed E-state index contributed by atoms with van der Waals surface area (Å²) in [6, 6.07) is 5.07. The molecule has 1 atom stereocenters. The van der Waals surface area contributed by atoms with Crippen LogP contribution in [-0.4, -0.2) is 35.4 Å². The molecule has 0 bridgehead atoms. The van der Waals surface area contributed by atoms with E-state index >= 15 is 0 Å². The molecule has 1 aromatic heterocycles. The maximum Gasteiger partial charge on any atom is 0.244 e. The molecule has 5 nitrogen and oxygen atoms in total. The second-order valence-corrected chi connectivity index (χ2v) is 3.73. The zero-order chi connectivity index (χ0) is 12.8. The van der Waals surface area contributed by atoms with Gasteiger partial charge in [-0.25, -0.2) is 4.98 Å². The third-order valence-corrected chi connectivity index (χ3v) is 2.51. The van der Waals surface area contributed by atoms with Gasteiger partial charge < -0.3 is 10.2 Å². The maximum absolute atomic E-state index is 11.8. The topological polar surface area (TPSA) is 69.0 Å². The normalized spacial score (nSPS) is 11.4. The van der Waals surface area contributed by atoms with Crippen LogP contribution >= 0.6 is 0 Å². The molecule has 17 heavy (non-hydrogen) atoms. The number of amides is 1. The lowest BCUT2D eigenvalue weighted by atomic mass is 10.2. The Balaban J connectivity index is 2.78. The van der Waals surface area contributed by atoms with E-state index in [0.717, 1.165) is 0 Å². The van der Waals surface area contributed by atoms with E-state index in [1.807, 2.05) is 13.0 Å². The molecule has 0 radical (unpaired) electrons. The standard InChI is InChI=1S/C12H16N4O/c1-4-16(3)12(17)9(2)15-10-6-5-7-14-11(10)8-13/h5-7,9,15H,4H2,1-3H3. The highest BCUT2D eigenvalue weighted by Gasteiger charge is 2.17. The molecule has 5 heteroatoms. The summed E-state index contributed by atoms with van der Waals surface area (Å²) in [6.45, 7) is 4.33. The Morgan fingerprint density at radius 1 is 1.71 bits per heavy atom. The number of hydrogen-bond acceptors (Lipinski definition) is 4. The third kappa shape index (κ3) is 3.18. The van der Waals surface area contributed by atoms with Crippen molar-refractivity contribution >= 4 is 11.6 Å². The highest BCUT2D eigenvalue weighted by Crippen LogP contribution is 2.12. The molecule has 0 aromatic carbocycles. The number of nitriles is 1. The van der Waals surface area contributed by atoms with Crippen LogP contribution < -0.4 is 5.32 Å². The van der Waals surface area contributed by atoms with E-state index in [1.165, 1.54) is 0 Å².